The van der Waals surface area contributed by atoms with Crippen molar-refractivity contribution in [3.63, 3.8) is 0 Å². The summed E-state index contributed by atoms with van der Waals surface area (Å²) < 4.78 is 0. The van der Waals surface area contributed by atoms with Gasteiger partial charge in [0.15, 0.2) is 5.16 Å². The Morgan fingerprint density at radius 2 is 2.23 bits per heavy atom. The number of amides is 1. The molecule has 0 saturated heterocycles. The highest BCUT2D eigenvalue weighted by atomic mass is 32.2. The molecule has 3 rings (SSSR count). The topological polar surface area (TPSA) is 57.8 Å². The summed E-state index contributed by atoms with van der Waals surface area (Å²) in [5, 5.41) is 3.99. The van der Waals surface area contributed by atoms with Crippen LogP contribution in [0.3, 0.4) is 0 Å². The van der Waals surface area contributed by atoms with Crippen LogP contribution >= 0.6 is 11.8 Å². The minimum absolute atomic E-state index is 0.111. The summed E-state index contributed by atoms with van der Waals surface area (Å²) >= 11 is 1.47. The average molecular weight is 317 g/mol. The number of aromatic amines is 1. The van der Waals surface area contributed by atoms with E-state index in [1.54, 1.807) is 0 Å². The van der Waals surface area contributed by atoms with Crippen LogP contribution in [-0.2, 0) is 4.79 Å². The summed E-state index contributed by atoms with van der Waals surface area (Å²) in [4.78, 5) is 19.9. The molecule has 1 amide bonds. The molecule has 2 aromatic rings. The lowest BCUT2D eigenvalue weighted by molar-refractivity contribution is -0.119. The van der Waals surface area contributed by atoms with E-state index in [4.69, 9.17) is 0 Å². The zero-order valence-corrected chi connectivity index (χ0v) is 14.0. The van der Waals surface area contributed by atoms with E-state index in [9.17, 15) is 4.79 Å². The Labute approximate surface area is 135 Å². The van der Waals surface area contributed by atoms with Gasteiger partial charge in [-0.2, -0.15) is 0 Å². The van der Waals surface area contributed by atoms with Crippen molar-refractivity contribution in [2.45, 2.75) is 50.7 Å². The molecule has 0 aliphatic heterocycles. The Bertz CT molecular complexity index is 667. The van der Waals surface area contributed by atoms with Crippen LogP contribution in [-0.4, -0.2) is 27.7 Å². The molecule has 2 atom stereocenters. The van der Waals surface area contributed by atoms with Crippen LogP contribution < -0.4 is 5.32 Å². The van der Waals surface area contributed by atoms with E-state index in [1.807, 2.05) is 6.07 Å². The van der Waals surface area contributed by atoms with Crippen LogP contribution in [0.2, 0.25) is 0 Å². The number of carbonyl (C=O) groups excluding carboxylic acids is 1. The van der Waals surface area contributed by atoms with E-state index in [0.29, 0.717) is 17.7 Å². The van der Waals surface area contributed by atoms with Gasteiger partial charge in [0.05, 0.1) is 16.8 Å². The van der Waals surface area contributed by atoms with Crippen molar-refractivity contribution >= 4 is 28.7 Å². The number of imidazole rings is 1. The third-order valence-electron chi connectivity index (χ3n) is 4.41. The standard InChI is InChI=1S/C17H23N3OS/c1-11-7-8-14-15(9-11)20-17(19-14)22-10-16(21)18-13-6-4-3-5-12(13)2/h7-9,12-13H,3-6,10H2,1-2H3,(H,18,21)(H,19,20)/t12-,13+/m0/s1. The van der Waals surface area contributed by atoms with Crippen LogP contribution in [0.4, 0.5) is 0 Å². The Morgan fingerprint density at radius 1 is 1.41 bits per heavy atom. The molecular formula is C17H23N3OS. The molecule has 22 heavy (non-hydrogen) atoms. The molecule has 1 aliphatic carbocycles. The van der Waals surface area contributed by atoms with Crippen molar-refractivity contribution in [1.82, 2.24) is 15.3 Å². The summed E-state index contributed by atoms with van der Waals surface area (Å²) in [6.07, 6.45) is 4.86. The van der Waals surface area contributed by atoms with E-state index in [1.165, 1.54) is 36.6 Å². The van der Waals surface area contributed by atoms with Gasteiger partial charge in [0.1, 0.15) is 0 Å². The van der Waals surface area contributed by atoms with Gasteiger partial charge in [0.25, 0.3) is 0 Å². The first-order chi connectivity index (χ1) is 10.6. The van der Waals surface area contributed by atoms with Gasteiger partial charge in [0, 0.05) is 6.04 Å². The molecule has 1 fully saturated rings. The average Bonchev–Trinajstić information content (AvgIpc) is 2.89. The fourth-order valence-corrected chi connectivity index (χ4v) is 3.78. The summed E-state index contributed by atoms with van der Waals surface area (Å²) in [6.45, 7) is 4.30. The van der Waals surface area contributed by atoms with Gasteiger partial charge in [0.2, 0.25) is 5.91 Å². The number of nitrogens with zero attached hydrogens (tertiary/aromatic N) is 1. The van der Waals surface area contributed by atoms with Gasteiger partial charge >= 0.3 is 0 Å². The van der Waals surface area contributed by atoms with Gasteiger partial charge in [-0.05, 0) is 43.4 Å². The Hall–Kier alpha value is -1.49. The number of aromatic nitrogens is 2. The summed E-state index contributed by atoms with van der Waals surface area (Å²) in [6, 6.07) is 6.49. The zero-order chi connectivity index (χ0) is 15.5. The number of H-pyrrole nitrogens is 1. The summed E-state index contributed by atoms with van der Waals surface area (Å²) in [5.41, 5.74) is 3.19. The van der Waals surface area contributed by atoms with Crippen molar-refractivity contribution in [3.8, 4) is 0 Å². The molecule has 1 heterocycles. The summed E-state index contributed by atoms with van der Waals surface area (Å²) in [7, 11) is 0. The molecule has 1 saturated carbocycles. The lowest BCUT2D eigenvalue weighted by Crippen LogP contribution is -2.41. The van der Waals surface area contributed by atoms with E-state index in [-0.39, 0.29) is 5.91 Å². The van der Waals surface area contributed by atoms with E-state index >= 15 is 0 Å². The Morgan fingerprint density at radius 3 is 3.05 bits per heavy atom. The number of nitrogens with one attached hydrogen (secondary N) is 2. The second kappa shape index (κ2) is 6.73. The third-order valence-corrected chi connectivity index (χ3v) is 5.29. The van der Waals surface area contributed by atoms with Gasteiger partial charge in [-0.3, -0.25) is 4.79 Å². The maximum Gasteiger partial charge on any atom is 0.230 e. The molecule has 5 heteroatoms. The molecule has 0 spiro atoms. The lowest BCUT2D eigenvalue weighted by Gasteiger charge is -2.29. The smallest absolute Gasteiger partial charge is 0.230 e. The zero-order valence-electron chi connectivity index (χ0n) is 13.2. The fraction of sp³-hybridized carbons (Fsp3) is 0.529. The highest BCUT2D eigenvalue weighted by molar-refractivity contribution is 7.99. The van der Waals surface area contributed by atoms with Crippen LogP contribution in [0.25, 0.3) is 11.0 Å². The number of hydrogen-bond donors (Lipinski definition) is 2. The number of rotatable bonds is 4. The Balaban J connectivity index is 1.55. The first-order valence-corrected chi connectivity index (χ1v) is 8.99. The van der Waals surface area contributed by atoms with Gasteiger partial charge < -0.3 is 10.3 Å². The number of fused-ring (bicyclic) bond motifs is 1. The second-order valence-electron chi connectivity index (χ2n) is 6.29. The molecule has 4 nitrogen and oxygen atoms in total. The van der Waals surface area contributed by atoms with Gasteiger partial charge in [-0.25, -0.2) is 4.98 Å². The SMILES string of the molecule is Cc1ccc2nc(SCC(=O)N[C@@H]3CCCC[C@@H]3C)[nH]c2c1. The number of hydrogen-bond acceptors (Lipinski definition) is 3. The molecule has 1 aromatic carbocycles. The maximum atomic E-state index is 12.1. The molecule has 0 radical (unpaired) electrons. The fourth-order valence-electron chi connectivity index (χ4n) is 3.08. The van der Waals surface area contributed by atoms with Crippen LogP contribution in [0.15, 0.2) is 23.4 Å². The minimum atomic E-state index is 0.111. The molecule has 0 bridgehead atoms. The number of carbonyl (C=O) groups is 1. The molecule has 0 unspecified atom stereocenters. The normalized spacial score (nSPS) is 21.9. The van der Waals surface area contributed by atoms with Crippen LogP contribution in [0, 0.1) is 12.8 Å². The van der Waals surface area contributed by atoms with Gasteiger partial charge in [-0.15, -0.1) is 0 Å². The molecule has 1 aliphatic rings. The molecular weight excluding hydrogens is 294 g/mol. The minimum Gasteiger partial charge on any atom is -0.352 e. The predicted octanol–water partition coefficient (Wildman–Crippen LogP) is 3.66. The summed E-state index contributed by atoms with van der Waals surface area (Å²) in [5.74, 6) is 1.12. The van der Waals surface area contributed by atoms with Gasteiger partial charge in [-0.1, -0.05) is 37.6 Å². The van der Waals surface area contributed by atoms with Crippen LogP contribution in [0.5, 0.6) is 0 Å². The first-order valence-electron chi connectivity index (χ1n) is 8.00. The quantitative estimate of drug-likeness (QED) is 0.846. The van der Waals surface area contributed by atoms with Crippen molar-refractivity contribution in [2.75, 3.05) is 5.75 Å². The third kappa shape index (κ3) is 3.64. The lowest BCUT2D eigenvalue weighted by atomic mass is 9.86. The number of benzene rings is 1. The van der Waals surface area contributed by atoms with Crippen molar-refractivity contribution in [3.05, 3.63) is 23.8 Å². The first kappa shape index (κ1) is 15.4. The van der Waals surface area contributed by atoms with Crippen molar-refractivity contribution < 1.29 is 4.79 Å². The number of aryl methyl sites for hydroxylation is 1. The molecule has 1 aromatic heterocycles. The van der Waals surface area contributed by atoms with E-state index in [2.05, 4.69) is 41.3 Å². The van der Waals surface area contributed by atoms with Crippen molar-refractivity contribution in [2.24, 2.45) is 5.92 Å². The Kier molecular flexibility index (Phi) is 4.71. The molecule has 118 valence electrons. The maximum absolute atomic E-state index is 12.1. The highest BCUT2D eigenvalue weighted by Crippen LogP contribution is 2.24. The predicted molar refractivity (Wildman–Crippen MR) is 91.1 cm³/mol. The van der Waals surface area contributed by atoms with Crippen LogP contribution in [0.1, 0.15) is 38.2 Å². The largest absolute Gasteiger partial charge is 0.352 e. The number of thioether (sulfide) groups is 1. The molecule has 2 N–H and O–H groups in total. The monoisotopic (exact) mass is 317 g/mol. The second-order valence-corrected chi connectivity index (χ2v) is 7.25. The van der Waals surface area contributed by atoms with E-state index < -0.39 is 0 Å². The van der Waals surface area contributed by atoms with E-state index in [0.717, 1.165) is 22.6 Å². The van der Waals surface area contributed by atoms with Crippen molar-refractivity contribution in [1.29, 1.82) is 0 Å². The highest BCUT2D eigenvalue weighted by Gasteiger charge is 2.22.